The molecule has 19 heavy (non-hydrogen) atoms. The molecule has 0 saturated carbocycles. The fourth-order valence-electron chi connectivity index (χ4n) is 1.92. The molecule has 0 aliphatic carbocycles. The Hall–Kier alpha value is -2.31. The lowest BCUT2D eigenvalue weighted by molar-refractivity contribution is -0.136. The third-order valence-corrected chi connectivity index (χ3v) is 2.74. The van der Waals surface area contributed by atoms with Crippen molar-refractivity contribution in [1.82, 2.24) is 4.57 Å². The van der Waals surface area contributed by atoms with Gasteiger partial charge in [0.15, 0.2) is 0 Å². The minimum Gasteiger partial charge on any atom is -0.478 e. The van der Waals surface area contributed by atoms with E-state index in [1.807, 2.05) is 0 Å². The number of hydrogen-bond acceptors (Lipinski definition) is 2. The molecule has 0 aliphatic heterocycles. The van der Waals surface area contributed by atoms with Crippen LogP contribution in [0.25, 0.3) is 10.8 Å². The molecule has 0 amide bonds. The zero-order chi connectivity index (χ0) is 14.4. The van der Waals surface area contributed by atoms with Crippen molar-refractivity contribution < 1.29 is 23.1 Å². The fraction of sp³-hybridized carbons (Fsp3) is 0.167. The molecule has 0 aliphatic rings. The number of aryl methyl sites for hydroxylation is 1. The highest BCUT2D eigenvalue weighted by molar-refractivity contribution is 6.04. The van der Waals surface area contributed by atoms with Crippen LogP contribution in [0.4, 0.5) is 13.2 Å². The van der Waals surface area contributed by atoms with Crippen LogP contribution in [0.5, 0.6) is 0 Å². The second-order valence-electron chi connectivity index (χ2n) is 3.99. The van der Waals surface area contributed by atoms with Crippen LogP contribution in [-0.2, 0) is 13.2 Å². The third kappa shape index (κ3) is 2.07. The van der Waals surface area contributed by atoms with Crippen LogP contribution < -0.4 is 5.56 Å². The van der Waals surface area contributed by atoms with Crippen molar-refractivity contribution in [3.8, 4) is 0 Å². The molecule has 0 spiro atoms. The second kappa shape index (κ2) is 4.11. The SMILES string of the molecule is Cn1cc(C(F)(F)F)c2c(C(=O)O)cccc2c1=O. The Morgan fingerprint density at radius 1 is 1.32 bits per heavy atom. The Balaban J connectivity index is 3.08. The summed E-state index contributed by atoms with van der Waals surface area (Å²) in [6.07, 6.45) is -4.13. The van der Waals surface area contributed by atoms with E-state index in [9.17, 15) is 22.8 Å². The lowest BCUT2D eigenvalue weighted by Crippen LogP contribution is -2.21. The number of rotatable bonds is 1. The first kappa shape index (κ1) is 13.1. The van der Waals surface area contributed by atoms with E-state index in [4.69, 9.17) is 5.11 Å². The summed E-state index contributed by atoms with van der Waals surface area (Å²) in [6.45, 7) is 0. The van der Waals surface area contributed by atoms with Gasteiger partial charge in [-0.2, -0.15) is 13.2 Å². The maximum absolute atomic E-state index is 13.0. The molecule has 0 atom stereocenters. The van der Waals surface area contributed by atoms with Gasteiger partial charge in [0.2, 0.25) is 0 Å². The highest BCUT2D eigenvalue weighted by Crippen LogP contribution is 2.35. The van der Waals surface area contributed by atoms with Gasteiger partial charge in [0, 0.05) is 24.0 Å². The number of alkyl halides is 3. The molecule has 2 rings (SSSR count). The van der Waals surface area contributed by atoms with Gasteiger partial charge in [-0.25, -0.2) is 4.79 Å². The van der Waals surface area contributed by atoms with Crippen LogP contribution in [0.3, 0.4) is 0 Å². The summed E-state index contributed by atoms with van der Waals surface area (Å²) in [5.74, 6) is -1.51. The third-order valence-electron chi connectivity index (χ3n) is 2.74. The lowest BCUT2D eigenvalue weighted by atomic mass is 10.0. The standard InChI is InChI=1S/C12H8F3NO3/c1-16-5-8(12(13,14)15)9-6(10(16)17)3-2-4-7(9)11(18)19/h2-5H,1H3,(H,18,19). The van der Waals surface area contributed by atoms with Gasteiger partial charge in [-0.15, -0.1) is 0 Å². The van der Waals surface area contributed by atoms with Crippen molar-refractivity contribution in [3.05, 3.63) is 45.9 Å². The minimum atomic E-state index is -4.74. The second-order valence-corrected chi connectivity index (χ2v) is 3.99. The first-order chi connectivity index (χ1) is 8.73. The smallest absolute Gasteiger partial charge is 0.418 e. The van der Waals surface area contributed by atoms with E-state index in [-0.39, 0.29) is 5.39 Å². The normalized spacial score (nSPS) is 11.8. The molecule has 0 unspecified atom stereocenters. The van der Waals surface area contributed by atoms with Crippen LogP contribution in [0.2, 0.25) is 0 Å². The van der Waals surface area contributed by atoms with Crippen LogP contribution in [0.15, 0.2) is 29.2 Å². The van der Waals surface area contributed by atoms with Crippen LogP contribution >= 0.6 is 0 Å². The number of aromatic carboxylic acids is 1. The van der Waals surface area contributed by atoms with E-state index >= 15 is 0 Å². The quantitative estimate of drug-likeness (QED) is 0.865. The molecule has 100 valence electrons. The average Bonchev–Trinajstić information content (AvgIpc) is 2.31. The molecular weight excluding hydrogens is 263 g/mol. The Bertz CT molecular complexity index is 731. The number of halogens is 3. The highest BCUT2D eigenvalue weighted by Gasteiger charge is 2.35. The first-order valence-electron chi connectivity index (χ1n) is 5.16. The molecule has 1 aromatic heterocycles. The predicted octanol–water partition coefficient (Wildman–Crippen LogP) is 2.26. The Morgan fingerprint density at radius 2 is 1.95 bits per heavy atom. The van der Waals surface area contributed by atoms with Gasteiger partial charge in [-0.05, 0) is 12.1 Å². The number of fused-ring (bicyclic) bond motifs is 1. The monoisotopic (exact) mass is 271 g/mol. The number of aromatic nitrogens is 1. The van der Waals surface area contributed by atoms with Crippen molar-refractivity contribution in [2.45, 2.75) is 6.18 Å². The van der Waals surface area contributed by atoms with E-state index < -0.39 is 34.2 Å². The van der Waals surface area contributed by atoms with E-state index in [0.29, 0.717) is 6.20 Å². The van der Waals surface area contributed by atoms with Crippen LogP contribution in [-0.4, -0.2) is 15.6 Å². The van der Waals surface area contributed by atoms with Crippen molar-refractivity contribution in [1.29, 1.82) is 0 Å². The van der Waals surface area contributed by atoms with Crippen molar-refractivity contribution in [2.24, 2.45) is 7.05 Å². The Morgan fingerprint density at radius 3 is 2.47 bits per heavy atom. The van der Waals surface area contributed by atoms with Gasteiger partial charge in [-0.1, -0.05) is 6.07 Å². The van der Waals surface area contributed by atoms with Crippen molar-refractivity contribution in [2.75, 3.05) is 0 Å². The number of carboxylic acid groups (broad SMARTS) is 1. The summed E-state index contributed by atoms with van der Waals surface area (Å²) in [5, 5.41) is 8.11. The zero-order valence-corrected chi connectivity index (χ0v) is 9.65. The van der Waals surface area contributed by atoms with E-state index in [0.717, 1.165) is 10.6 Å². The molecule has 1 aromatic carbocycles. The maximum atomic E-state index is 13.0. The molecule has 0 fully saturated rings. The topological polar surface area (TPSA) is 59.3 Å². The molecule has 2 aromatic rings. The van der Waals surface area contributed by atoms with Crippen LogP contribution in [0, 0.1) is 0 Å². The molecular formula is C12H8F3NO3. The highest BCUT2D eigenvalue weighted by atomic mass is 19.4. The van der Waals surface area contributed by atoms with Gasteiger partial charge in [-0.3, -0.25) is 4.79 Å². The van der Waals surface area contributed by atoms with E-state index in [1.165, 1.54) is 19.2 Å². The number of hydrogen-bond donors (Lipinski definition) is 1. The molecule has 0 saturated heterocycles. The van der Waals surface area contributed by atoms with Gasteiger partial charge in [0.05, 0.1) is 11.1 Å². The van der Waals surface area contributed by atoms with Gasteiger partial charge in [0.1, 0.15) is 0 Å². The number of nitrogens with zero attached hydrogens (tertiary/aromatic N) is 1. The molecule has 1 N–H and O–H groups in total. The minimum absolute atomic E-state index is 0.266. The summed E-state index contributed by atoms with van der Waals surface area (Å²) in [7, 11) is 1.18. The average molecular weight is 271 g/mol. The summed E-state index contributed by atoms with van der Waals surface area (Å²) >= 11 is 0. The van der Waals surface area contributed by atoms with Crippen molar-refractivity contribution in [3.63, 3.8) is 0 Å². The molecule has 1 heterocycles. The number of benzene rings is 1. The zero-order valence-electron chi connectivity index (χ0n) is 9.65. The number of carbonyl (C=O) groups is 1. The van der Waals surface area contributed by atoms with Gasteiger partial charge < -0.3 is 9.67 Å². The van der Waals surface area contributed by atoms with Crippen LogP contribution in [0.1, 0.15) is 15.9 Å². The summed E-state index contributed by atoms with van der Waals surface area (Å²) < 4.78 is 39.7. The summed E-state index contributed by atoms with van der Waals surface area (Å²) in [6, 6.07) is 3.46. The maximum Gasteiger partial charge on any atom is 0.418 e. The first-order valence-corrected chi connectivity index (χ1v) is 5.16. The Labute approximate surface area is 104 Å². The molecule has 4 nitrogen and oxygen atoms in total. The largest absolute Gasteiger partial charge is 0.478 e. The Kier molecular flexibility index (Phi) is 2.84. The lowest BCUT2D eigenvalue weighted by Gasteiger charge is -2.13. The summed E-state index contributed by atoms with van der Waals surface area (Å²) in [5.41, 5.74) is -2.35. The van der Waals surface area contributed by atoms with Gasteiger partial charge in [0.25, 0.3) is 5.56 Å². The molecule has 0 bridgehead atoms. The van der Waals surface area contributed by atoms with Crippen molar-refractivity contribution >= 4 is 16.7 Å². The van der Waals surface area contributed by atoms with E-state index in [2.05, 4.69) is 0 Å². The molecule has 0 radical (unpaired) electrons. The number of pyridine rings is 1. The fourth-order valence-corrected chi connectivity index (χ4v) is 1.92. The molecule has 7 heteroatoms. The summed E-state index contributed by atoms with van der Waals surface area (Å²) in [4.78, 5) is 22.8. The number of carboxylic acids is 1. The van der Waals surface area contributed by atoms with E-state index in [1.54, 1.807) is 0 Å². The van der Waals surface area contributed by atoms with Gasteiger partial charge >= 0.3 is 12.1 Å². The predicted molar refractivity (Wildman–Crippen MR) is 61.2 cm³/mol.